The summed E-state index contributed by atoms with van der Waals surface area (Å²) < 4.78 is 11.0. The number of hydrogen-bond acceptors (Lipinski definition) is 8. The van der Waals surface area contributed by atoms with Crippen LogP contribution in [0.15, 0.2) is 4.52 Å². The lowest BCUT2D eigenvalue weighted by Gasteiger charge is -2.27. The van der Waals surface area contributed by atoms with Gasteiger partial charge in [0.2, 0.25) is 5.82 Å². The van der Waals surface area contributed by atoms with Gasteiger partial charge < -0.3 is 19.9 Å². The molecular weight excluding hydrogens is 278 g/mol. The number of nitrogens with two attached hydrogens (primary N) is 1. The predicted octanol–water partition coefficient (Wildman–Crippen LogP) is 0.963. The zero-order chi connectivity index (χ0) is 14.1. The fourth-order valence-corrected chi connectivity index (χ4v) is 3.00. The molecule has 0 amide bonds. The average molecular weight is 295 g/mol. The molecule has 1 fully saturated rings. The van der Waals surface area contributed by atoms with Gasteiger partial charge in [-0.3, -0.25) is 0 Å². The maximum absolute atomic E-state index is 5.68. The molecule has 2 N–H and O–H groups in total. The third-order valence-electron chi connectivity index (χ3n) is 3.21. The van der Waals surface area contributed by atoms with Gasteiger partial charge in [-0.25, -0.2) is 4.98 Å². The maximum Gasteiger partial charge on any atom is 0.270 e. The van der Waals surface area contributed by atoms with Crippen molar-refractivity contribution in [3.63, 3.8) is 0 Å². The third kappa shape index (κ3) is 2.59. The van der Waals surface area contributed by atoms with E-state index in [0.29, 0.717) is 24.9 Å². The molecule has 3 heterocycles. The minimum absolute atomic E-state index is 0.131. The molecule has 0 saturated carbocycles. The first kappa shape index (κ1) is 13.6. The van der Waals surface area contributed by atoms with Crippen molar-refractivity contribution in [3.05, 3.63) is 16.5 Å². The molecule has 1 atom stereocenters. The molecule has 20 heavy (non-hydrogen) atoms. The van der Waals surface area contributed by atoms with Crippen molar-refractivity contribution in [3.8, 4) is 10.8 Å². The van der Waals surface area contributed by atoms with E-state index in [1.54, 1.807) is 0 Å². The Labute approximate surface area is 120 Å². The molecule has 8 heteroatoms. The Morgan fingerprint density at radius 2 is 2.30 bits per heavy atom. The quantitative estimate of drug-likeness (QED) is 0.902. The number of morpholine rings is 1. The van der Waals surface area contributed by atoms with Gasteiger partial charge in [-0.05, 0) is 14.0 Å². The molecule has 2 aromatic heterocycles. The van der Waals surface area contributed by atoms with Crippen molar-refractivity contribution in [2.75, 3.05) is 26.7 Å². The normalized spacial score (nSPS) is 20.4. The SMILES string of the molecule is Cc1nc(CN)sc1-c1nc(C2CN(C)CCO2)no1. The van der Waals surface area contributed by atoms with Crippen LogP contribution >= 0.6 is 11.3 Å². The number of likely N-dealkylation sites (N-methyl/N-ethyl adjacent to an activating group) is 1. The second-order valence-electron chi connectivity index (χ2n) is 4.81. The van der Waals surface area contributed by atoms with Crippen LogP contribution in [-0.4, -0.2) is 46.8 Å². The standard InChI is InChI=1S/C12H17N5O2S/c1-7-10(20-9(5-13)14-7)12-15-11(16-19-12)8-6-17(2)3-4-18-8/h8H,3-6,13H2,1-2H3. The van der Waals surface area contributed by atoms with E-state index in [2.05, 4.69) is 27.1 Å². The molecule has 0 radical (unpaired) electrons. The van der Waals surface area contributed by atoms with Crippen LogP contribution in [0.3, 0.4) is 0 Å². The summed E-state index contributed by atoms with van der Waals surface area (Å²) in [7, 11) is 2.05. The molecule has 7 nitrogen and oxygen atoms in total. The van der Waals surface area contributed by atoms with Gasteiger partial charge in [0, 0.05) is 19.6 Å². The summed E-state index contributed by atoms with van der Waals surface area (Å²) in [4.78, 5) is 11.9. The largest absolute Gasteiger partial charge is 0.367 e. The van der Waals surface area contributed by atoms with Crippen molar-refractivity contribution < 1.29 is 9.26 Å². The van der Waals surface area contributed by atoms with E-state index in [4.69, 9.17) is 15.0 Å². The first-order valence-corrected chi connectivity index (χ1v) is 7.29. The molecule has 3 rings (SSSR count). The smallest absolute Gasteiger partial charge is 0.270 e. The van der Waals surface area contributed by atoms with Crippen LogP contribution in [-0.2, 0) is 11.3 Å². The summed E-state index contributed by atoms with van der Waals surface area (Å²) in [6.45, 7) is 4.72. The number of rotatable bonds is 3. The molecule has 0 bridgehead atoms. The zero-order valence-corrected chi connectivity index (χ0v) is 12.3. The monoisotopic (exact) mass is 295 g/mol. The molecule has 1 saturated heterocycles. The lowest BCUT2D eigenvalue weighted by molar-refractivity contribution is -0.0264. The highest BCUT2D eigenvalue weighted by atomic mass is 32.1. The molecule has 0 aliphatic carbocycles. The number of hydrogen-bond donors (Lipinski definition) is 1. The summed E-state index contributed by atoms with van der Waals surface area (Å²) in [5, 5.41) is 4.90. The first-order valence-electron chi connectivity index (χ1n) is 6.48. The highest BCUT2D eigenvalue weighted by molar-refractivity contribution is 7.15. The topological polar surface area (TPSA) is 90.3 Å². The Morgan fingerprint density at radius 1 is 1.45 bits per heavy atom. The van der Waals surface area contributed by atoms with Gasteiger partial charge in [-0.15, -0.1) is 11.3 Å². The van der Waals surface area contributed by atoms with Gasteiger partial charge in [-0.1, -0.05) is 5.16 Å². The van der Waals surface area contributed by atoms with Crippen LogP contribution in [0.4, 0.5) is 0 Å². The van der Waals surface area contributed by atoms with Gasteiger partial charge in [0.25, 0.3) is 5.89 Å². The van der Waals surface area contributed by atoms with E-state index < -0.39 is 0 Å². The van der Waals surface area contributed by atoms with Crippen LogP contribution in [0.2, 0.25) is 0 Å². The maximum atomic E-state index is 5.68. The van der Waals surface area contributed by atoms with E-state index in [9.17, 15) is 0 Å². The van der Waals surface area contributed by atoms with Crippen LogP contribution in [0.1, 0.15) is 22.6 Å². The first-order chi connectivity index (χ1) is 9.67. The van der Waals surface area contributed by atoms with E-state index in [-0.39, 0.29) is 6.10 Å². The highest BCUT2D eigenvalue weighted by Gasteiger charge is 2.25. The van der Waals surface area contributed by atoms with Gasteiger partial charge in [0.05, 0.1) is 12.3 Å². The summed E-state index contributed by atoms with van der Waals surface area (Å²) in [6, 6.07) is 0. The van der Waals surface area contributed by atoms with Crippen LogP contribution in [0.25, 0.3) is 10.8 Å². The highest BCUT2D eigenvalue weighted by Crippen LogP contribution is 2.30. The molecule has 1 aliphatic rings. The van der Waals surface area contributed by atoms with E-state index in [1.165, 1.54) is 11.3 Å². The van der Waals surface area contributed by atoms with Crippen molar-refractivity contribution in [1.29, 1.82) is 0 Å². The van der Waals surface area contributed by atoms with Crippen LogP contribution in [0.5, 0.6) is 0 Å². The van der Waals surface area contributed by atoms with Crippen molar-refractivity contribution in [2.45, 2.75) is 19.6 Å². The fourth-order valence-electron chi connectivity index (χ4n) is 2.13. The van der Waals surface area contributed by atoms with Gasteiger partial charge >= 0.3 is 0 Å². The van der Waals surface area contributed by atoms with E-state index >= 15 is 0 Å². The number of ether oxygens (including phenoxy) is 1. The average Bonchev–Trinajstić information content (AvgIpc) is 3.05. The lowest BCUT2D eigenvalue weighted by atomic mass is 10.3. The zero-order valence-electron chi connectivity index (χ0n) is 11.5. The predicted molar refractivity (Wildman–Crippen MR) is 74.2 cm³/mol. The van der Waals surface area contributed by atoms with Crippen molar-refractivity contribution >= 4 is 11.3 Å². The van der Waals surface area contributed by atoms with Crippen LogP contribution in [0, 0.1) is 6.92 Å². The number of aryl methyl sites for hydroxylation is 1. The Kier molecular flexibility index (Phi) is 3.79. The summed E-state index contributed by atoms with van der Waals surface area (Å²) >= 11 is 1.49. The van der Waals surface area contributed by atoms with E-state index in [1.807, 2.05) is 6.92 Å². The molecular formula is C12H17N5O2S. The Bertz CT molecular complexity index is 596. The molecule has 0 spiro atoms. The molecule has 0 aromatic carbocycles. The number of thiazole rings is 1. The fraction of sp³-hybridized carbons (Fsp3) is 0.583. The molecule has 2 aromatic rings. The van der Waals surface area contributed by atoms with Crippen molar-refractivity contribution in [2.24, 2.45) is 5.73 Å². The van der Waals surface area contributed by atoms with Crippen LogP contribution < -0.4 is 5.73 Å². The minimum atomic E-state index is -0.131. The van der Waals surface area contributed by atoms with Gasteiger partial charge in [-0.2, -0.15) is 4.98 Å². The minimum Gasteiger partial charge on any atom is -0.367 e. The summed E-state index contributed by atoms with van der Waals surface area (Å²) in [5.41, 5.74) is 6.47. The summed E-state index contributed by atoms with van der Waals surface area (Å²) in [5.74, 6) is 1.08. The summed E-state index contributed by atoms with van der Waals surface area (Å²) in [6.07, 6.45) is -0.131. The molecule has 1 aliphatic heterocycles. The van der Waals surface area contributed by atoms with Gasteiger partial charge in [0.1, 0.15) is 16.0 Å². The lowest BCUT2D eigenvalue weighted by Crippen LogP contribution is -2.35. The molecule has 1 unspecified atom stereocenters. The second kappa shape index (κ2) is 5.57. The number of aromatic nitrogens is 3. The Balaban J connectivity index is 1.84. The Hall–Kier alpha value is -1.35. The third-order valence-corrected chi connectivity index (χ3v) is 4.38. The van der Waals surface area contributed by atoms with Gasteiger partial charge in [0.15, 0.2) is 0 Å². The molecule has 108 valence electrons. The van der Waals surface area contributed by atoms with Crippen molar-refractivity contribution in [1.82, 2.24) is 20.0 Å². The Morgan fingerprint density at radius 3 is 3.00 bits per heavy atom. The number of nitrogens with zero attached hydrogens (tertiary/aromatic N) is 4. The van der Waals surface area contributed by atoms with E-state index in [0.717, 1.165) is 28.7 Å². The second-order valence-corrected chi connectivity index (χ2v) is 5.89.